The maximum absolute atomic E-state index is 12.6. The number of hydrogen-bond acceptors (Lipinski definition) is 3. The van der Waals surface area contributed by atoms with E-state index in [2.05, 4.69) is 0 Å². The minimum Gasteiger partial charge on any atom is -0.481 e. The van der Waals surface area contributed by atoms with Gasteiger partial charge in [-0.1, -0.05) is 26.2 Å². The number of nitrogens with zero attached hydrogens (tertiary/aromatic N) is 2. The van der Waals surface area contributed by atoms with Crippen molar-refractivity contribution >= 4 is 11.9 Å². The van der Waals surface area contributed by atoms with E-state index in [0.717, 1.165) is 32.2 Å². The number of carboxylic acid groups (broad SMARTS) is 1. The molecule has 0 spiro atoms. The smallest absolute Gasteiger partial charge is 0.310 e. The second kappa shape index (κ2) is 8.37. The van der Waals surface area contributed by atoms with Crippen LogP contribution in [0.5, 0.6) is 0 Å². The molecule has 1 saturated carbocycles. The molecule has 0 saturated heterocycles. The molecule has 0 aromatic heterocycles. The first-order valence-electron chi connectivity index (χ1n) is 8.07. The van der Waals surface area contributed by atoms with Gasteiger partial charge < -0.3 is 14.9 Å². The van der Waals surface area contributed by atoms with Gasteiger partial charge in [-0.05, 0) is 33.4 Å². The van der Waals surface area contributed by atoms with Crippen LogP contribution in [0.3, 0.4) is 0 Å². The fourth-order valence-corrected chi connectivity index (χ4v) is 3.05. The molecule has 0 aromatic rings. The van der Waals surface area contributed by atoms with E-state index in [1.165, 1.54) is 0 Å². The van der Waals surface area contributed by atoms with E-state index in [-0.39, 0.29) is 12.3 Å². The molecule has 1 rings (SSSR count). The summed E-state index contributed by atoms with van der Waals surface area (Å²) in [6, 6.07) is 0. The molecule has 0 unspecified atom stereocenters. The summed E-state index contributed by atoms with van der Waals surface area (Å²) in [5, 5.41) is 9.59. The number of hydrogen-bond donors (Lipinski definition) is 1. The zero-order chi connectivity index (χ0) is 15.9. The molecule has 1 fully saturated rings. The van der Waals surface area contributed by atoms with E-state index in [9.17, 15) is 14.7 Å². The molecule has 1 amide bonds. The van der Waals surface area contributed by atoms with Crippen LogP contribution >= 0.6 is 0 Å². The zero-order valence-corrected chi connectivity index (χ0v) is 13.7. The molecule has 1 N–H and O–H groups in total. The largest absolute Gasteiger partial charge is 0.481 e. The Morgan fingerprint density at radius 1 is 1.05 bits per heavy atom. The van der Waals surface area contributed by atoms with Crippen LogP contribution in [0.25, 0.3) is 0 Å². The first kappa shape index (κ1) is 18.0. The van der Waals surface area contributed by atoms with Crippen LogP contribution in [-0.4, -0.2) is 60.5 Å². The Hall–Kier alpha value is -1.10. The van der Waals surface area contributed by atoms with Crippen molar-refractivity contribution < 1.29 is 14.7 Å². The van der Waals surface area contributed by atoms with E-state index >= 15 is 0 Å². The summed E-state index contributed by atoms with van der Waals surface area (Å²) in [5.41, 5.74) is -0.820. The fourth-order valence-electron chi connectivity index (χ4n) is 3.05. The SMILES string of the molecule is CCCN(CCN(C)C)C(=O)CC1(C(=O)O)CCCCC1. The third-order valence-corrected chi connectivity index (χ3v) is 4.42. The van der Waals surface area contributed by atoms with Crippen LogP contribution in [0, 0.1) is 5.41 Å². The average molecular weight is 298 g/mol. The van der Waals surface area contributed by atoms with Crippen LogP contribution in [0.2, 0.25) is 0 Å². The minimum absolute atomic E-state index is 0.00278. The highest BCUT2D eigenvalue weighted by Gasteiger charge is 2.42. The van der Waals surface area contributed by atoms with Crippen molar-refractivity contribution in [2.45, 2.75) is 51.9 Å². The molecule has 0 radical (unpaired) electrons. The second-order valence-corrected chi connectivity index (χ2v) is 6.51. The molecule has 1 aliphatic rings. The Morgan fingerprint density at radius 2 is 1.67 bits per heavy atom. The van der Waals surface area contributed by atoms with Gasteiger partial charge in [0.15, 0.2) is 0 Å². The molecule has 5 nitrogen and oxygen atoms in total. The summed E-state index contributed by atoms with van der Waals surface area (Å²) in [6.45, 7) is 4.24. The molecule has 0 bridgehead atoms. The Balaban J connectivity index is 2.70. The van der Waals surface area contributed by atoms with E-state index in [1.807, 2.05) is 30.8 Å². The van der Waals surface area contributed by atoms with Crippen molar-refractivity contribution in [3.8, 4) is 0 Å². The van der Waals surface area contributed by atoms with E-state index in [0.29, 0.717) is 25.9 Å². The summed E-state index contributed by atoms with van der Waals surface area (Å²) >= 11 is 0. The zero-order valence-electron chi connectivity index (χ0n) is 13.7. The monoisotopic (exact) mass is 298 g/mol. The fraction of sp³-hybridized carbons (Fsp3) is 0.875. The van der Waals surface area contributed by atoms with Gasteiger partial charge in [0.1, 0.15) is 0 Å². The lowest BCUT2D eigenvalue weighted by Gasteiger charge is -2.34. The van der Waals surface area contributed by atoms with Crippen LogP contribution in [0.1, 0.15) is 51.9 Å². The summed E-state index contributed by atoms with van der Waals surface area (Å²) < 4.78 is 0. The maximum Gasteiger partial charge on any atom is 0.310 e. The van der Waals surface area contributed by atoms with Gasteiger partial charge >= 0.3 is 5.97 Å². The summed E-state index contributed by atoms with van der Waals surface area (Å²) in [5.74, 6) is -0.789. The lowest BCUT2D eigenvalue weighted by molar-refractivity contribution is -0.156. The van der Waals surface area contributed by atoms with Crippen molar-refractivity contribution in [2.75, 3.05) is 33.7 Å². The van der Waals surface area contributed by atoms with Crippen LogP contribution in [0.4, 0.5) is 0 Å². The molecule has 0 heterocycles. The lowest BCUT2D eigenvalue weighted by atomic mass is 9.71. The van der Waals surface area contributed by atoms with E-state index in [1.54, 1.807) is 0 Å². The van der Waals surface area contributed by atoms with Gasteiger partial charge in [-0.25, -0.2) is 0 Å². The molecular weight excluding hydrogens is 268 g/mol. The molecule has 0 aliphatic heterocycles. The first-order chi connectivity index (χ1) is 9.91. The lowest BCUT2D eigenvalue weighted by Crippen LogP contribution is -2.43. The van der Waals surface area contributed by atoms with E-state index in [4.69, 9.17) is 0 Å². The van der Waals surface area contributed by atoms with Crippen LogP contribution in [0.15, 0.2) is 0 Å². The van der Waals surface area contributed by atoms with Gasteiger partial charge in [0.05, 0.1) is 5.41 Å². The Kier molecular flexibility index (Phi) is 7.15. The van der Waals surface area contributed by atoms with Gasteiger partial charge in [-0.15, -0.1) is 0 Å². The Labute approximate surface area is 128 Å². The molecule has 122 valence electrons. The number of carbonyl (C=O) groups is 2. The van der Waals surface area contributed by atoms with Gasteiger partial charge in [-0.2, -0.15) is 0 Å². The first-order valence-corrected chi connectivity index (χ1v) is 8.07. The van der Waals surface area contributed by atoms with Crippen molar-refractivity contribution in [3.05, 3.63) is 0 Å². The predicted molar refractivity (Wildman–Crippen MR) is 83.2 cm³/mol. The average Bonchev–Trinajstić information content (AvgIpc) is 2.43. The summed E-state index contributed by atoms with van der Waals surface area (Å²) in [4.78, 5) is 28.1. The highest BCUT2D eigenvalue weighted by molar-refractivity contribution is 5.85. The number of rotatable bonds is 8. The summed E-state index contributed by atoms with van der Waals surface area (Å²) in [6.07, 6.45) is 5.27. The number of aliphatic carboxylic acids is 1. The van der Waals surface area contributed by atoms with Crippen molar-refractivity contribution in [3.63, 3.8) is 0 Å². The standard InChI is InChI=1S/C16H30N2O3/c1-4-10-18(12-11-17(2)3)14(19)13-16(15(20)21)8-6-5-7-9-16/h4-13H2,1-3H3,(H,20,21). The molecular formula is C16H30N2O3. The van der Waals surface area contributed by atoms with Crippen molar-refractivity contribution in [1.82, 2.24) is 9.80 Å². The molecule has 5 heteroatoms. The summed E-state index contributed by atoms with van der Waals surface area (Å²) in [7, 11) is 3.96. The quantitative estimate of drug-likeness (QED) is 0.746. The molecule has 0 aromatic carbocycles. The Bertz CT molecular complexity index is 349. The van der Waals surface area contributed by atoms with Gasteiger partial charge in [0.2, 0.25) is 5.91 Å². The second-order valence-electron chi connectivity index (χ2n) is 6.51. The van der Waals surface area contributed by atoms with Crippen LogP contribution in [-0.2, 0) is 9.59 Å². The number of amides is 1. The van der Waals surface area contributed by atoms with E-state index < -0.39 is 11.4 Å². The number of carbonyl (C=O) groups excluding carboxylic acids is 1. The highest BCUT2D eigenvalue weighted by atomic mass is 16.4. The van der Waals surface area contributed by atoms with Crippen molar-refractivity contribution in [2.24, 2.45) is 5.41 Å². The third kappa shape index (κ3) is 5.30. The van der Waals surface area contributed by atoms with Gasteiger partial charge in [0, 0.05) is 26.1 Å². The van der Waals surface area contributed by atoms with Gasteiger partial charge in [-0.3, -0.25) is 9.59 Å². The Morgan fingerprint density at radius 3 is 2.14 bits per heavy atom. The number of carboxylic acids is 1. The van der Waals surface area contributed by atoms with Crippen molar-refractivity contribution in [1.29, 1.82) is 0 Å². The molecule has 0 atom stereocenters. The highest BCUT2D eigenvalue weighted by Crippen LogP contribution is 2.40. The predicted octanol–water partition coefficient (Wildman–Crippen LogP) is 2.21. The third-order valence-electron chi connectivity index (χ3n) is 4.42. The number of likely N-dealkylation sites (N-methyl/N-ethyl adjacent to an activating group) is 1. The normalized spacial score (nSPS) is 17.7. The molecule has 1 aliphatic carbocycles. The van der Waals surface area contributed by atoms with Crippen LogP contribution < -0.4 is 0 Å². The van der Waals surface area contributed by atoms with Gasteiger partial charge in [0.25, 0.3) is 0 Å². The minimum atomic E-state index is -0.820. The maximum atomic E-state index is 12.6. The topological polar surface area (TPSA) is 60.9 Å². The molecule has 21 heavy (non-hydrogen) atoms.